The number of hydrogen-bond acceptors (Lipinski definition) is 4. The van der Waals surface area contributed by atoms with Gasteiger partial charge in [0, 0.05) is 16.6 Å². The normalized spacial score (nSPS) is 24.2. The number of rotatable bonds is 3. The van der Waals surface area contributed by atoms with Gasteiger partial charge in [-0.25, -0.2) is 17.5 Å². The van der Waals surface area contributed by atoms with Crippen molar-refractivity contribution in [3.05, 3.63) is 22.4 Å². The van der Waals surface area contributed by atoms with Gasteiger partial charge in [0.15, 0.2) is 0 Å². The van der Waals surface area contributed by atoms with Crippen LogP contribution in [-0.2, 0) is 10.0 Å². The van der Waals surface area contributed by atoms with Gasteiger partial charge in [-0.2, -0.15) is 0 Å². The van der Waals surface area contributed by atoms with Crippen molar-refractivity contribution in [2.24, 2.45) is 0 Å². The number of halogens is 2. The SMILES string of the molecule is CC1CC(NS(=O)(=O)c2cc(N)c(F)cc2Br)CCN1C. The van der Waals surface area contributed by atoms with Gasteiger partial charge >= 0.3 is 0 Å². The van der Waals surface area contributed by atoms with Crippen LogP contribution < -0.4 is 10.5 Å². The zero-order valence-corrected chi connectivity index (χ0v) is 14.3. The topological polar surface area (TPSA) is 75.4 Å². The maximum Gasteiger partial charge on any atom is 0.242 e. The summed E-state index contributed by atoms with van der Waals surface area (Å²) < 4.78 is 41.1. The summed E-state index contributed by atoms with van der Waals surface area (Å²) in [5.41, 5.74) is 5.28. The molecule has 0 aromatic heterocycles. The highest BCUT2D eigenvalue weighted by Gasteiger charge is 2.28. The number of nitrogens with two attached hydrogens (primary N) is 1. The van der Waals surface area contributed by atoms with Crippen LogP contribution in [0.3, 0.4) is 0 Å². The first-order valence-corrected chi connectivity index (χ1v) is 8.95. The number of piperidine rings is 1. The fourth-order valence-corrected chi connectivity index (χ4v) is 4.76. The van der Waals surface area contributed by atoms with Crippen molar-refractivity contribution in [3.8, 4) is 0 Å². The Morgan fingerprint density at radius 2 is 2.14 bits per heavy atom. The average molecular weight is 380 g/mol. The predicted octanol–water partition coefficient (Wildman–Crippen LogP) is 1.93. The zero-order chi connectivity index (χ0) is 15.8. The second-order valence-corrected chi connectivity index (χ2v) is 8.01. The van der Waals surface area contributed by atoms with Crippen LogP contribution in [0.4, 0.5) is 10.1 Å². The largest absolute Gasteiger partial charge is 0.396 e. The van der Waals surface area contributed by atoms with Gasteiger partial charge in [-0.1, -0.05) is 0 Å². The Bertz CT molecular complexity index is 639. The highest BCUT2D eigenvalue weighted by atomic mass is 79.9. The van der Waals surface area contributed by atoms with E-state index in [1.165, 1.54) is 0 Å². The molecule has 1 heterocycles. The molecule has 3 N–H and O–H groups in total. The molecule has 2 atom stereocenters. The lowest BCUT2D eigenvalue weighted by molar-refractivity contribution is 0.178. The van der Waals surface area contributed by atoms with Crippen molar-refractivity contribution in [1.29, 1.82) is 0 Å². The molecule has 21 heavy (non-hydrogen) atoms. The van der Waals surface area contributed by atoms with Crippen LogP contribution in [0.5, 0.6) is 0 Å². The van der Waals surface area contributed by atoms with E-state index < -0.39 is 15.8 Å². The summed E-state index contributed by atoms with van der Waals surface area (Å²) in [6.45, 7) is 2.90. The van der Waals surface area contributed by atoms with E-state index in [1.807, 2.05) is 7.05 Å². The molecule has 0 radical (unpaired) electrons. The van der Waals surface area contributed by atoms with Crippen molar-refractivity contribution in [3.63, 3.8) is 0 Å². The Labute approximate surface area is 132 Å². The summed E-state index contributed by atoms with van der Waals surface area (Å²) in [7, 11) is -1.71. The molecular weight excluding hydrogens is 361 g/mol. The lowest BCUT2D eigenvalue weighted by Gasteiger charge is -2.35. The number of hydrogen-bond donors (Lipinski definition) is 2. The Balaban J connectivity index is 2.21. The molecular formula is C13H19BrFN3O2S. The fraction of sp³-hybridized carbons (Fsp3) is 0.538. The fourth-order valence-electron chi connectivity index (χ4n) is 2.43. The Morgan fingerprint density at radius 3 is 2.76 bits per heavy atom. The molecule has 0 amide bonds. The van der Waals surface area contributed by atoms with E-state index in [1.54, 1.807) is 0 Å². The zero-order valence-electron chi connectivity index (χ0n) is 11.9. The van der Waals surface area contributed by atoms with Gasteiger partial charge < -0.3 is 10.6 Å². The first-order valence-electron chi connectivity index (χ1n) is 6.68. The van der Waals surface area contributed by atoms with E-state index >= 15 is 0 Å². The molecule has 8 heteroatoms. The number of nitrogen functional groups attached to an aromatic ring is 1. The molecule has 1 aliphatic heterocycles. The Kier molecular flexibility index (Phi) is 4.92. The molecule has 118 valence electrons. The molecule has 2 rings (SSSR count). The second-order valence-electron chi connectivity index (χ2n) is 5.48. The molecule has 1 aliphatic rings. The predicted molar refractivity (Wildman–Crippen MR) is 83.9 cm³/mol. The molecule has 5 nitrogen and oxygen atoms in total. The lowest BCUT2D eigenvalue weighted by atomic mass is 10.0. The van der Waals surface area contributed by atoms with E-state index in [-0.39, 0.29) is 21.1 Å². The van der Waals surface area contributed by atoms with E-state index in [9.17, 15) is 12.8 Å². The molecule has 1 aromatic rings. The lowest BCUT2D eigenvalue weighted by Crippen LogP contribution is -2.47. The monoisotopic (exact) mass is 379 g/mol. The van der Waals surface area contributed by atoms with Crippen LogP contribution in [0.2, 0.25) is 0 Å². The summed E-state index contributed by atoms with van der Waals surface area (Å²) >= 11 is 3.08. The summed E-state index contributed by atoms with van der Waals surface area (Å²) in [5.74, 6) is -0.645. The van der Waals surface area contributed by atoms with Gasteiger partial charge in [0.1, 0.15) is 5.82 Å². The van der Waals surface area contributed by atoms with Crippen LogP contribution in [-0.4, -0.2) is 39.0 Å². The molecule has 1 fully saturated rings. The van der Waals surface area contributed by atoms with Gasteiger partial charge in [0.2, 0.25) is 10.0 Å². The van der Waals surface area contributed by atoms with E-state index in [0.29, 0.717) is 6.04 Å². The second kappa shape index (κ2) is 6.20. The van der Waals surface area contributed by atoms with Crippen LogP contribution in [0, 0.1) is 5.82 Å². The van der Waals surface area contributed by atoms with Crippen LogP contribution in [0.25, 0.3) is 0 Å². The Hall–Kier alpha value is -0.700. The third-order valence-corrected chi connectivity index (χ3v) is 6.35. The first kappa shape index (κ1) is 16.7. The van der Waals surface area contributed by atoms with E-state index in [0.717, 1.165) is 31.5 Å². The minimum Gasteiger partial charge on any atom is -0.396 e. The number of nitrogens with zero attached hydrogens (tertiary/aromatic N) is 1. The minimum absolute atomic E-state index is 0.0343. The molecule has 0 saturated carbocycles. The minimum atomic E-state index is -3.73. The van der Waals surface area contributed by atoms with Crippen molar-refractivity contribution in [1.82, 2.24) is 9.62 Å². The molecule has 1 saturated heterocycles. The third-order valence-electron chi connectivity index (χ3n) is 3.87. The summed E-state index contributed by atoms with van der Waals surface area (Å²) in [6.07, 6.45) is 1.48. The maximum absolute atomic E-state index is 13.3. The molecule has 0 spiro atoms. The highest BCUT2D eigenvalue weighted by Crippen LogP contribution is 2.27. The van der Waals surface area contributed by atoms with Gasteiger partial charge in [-0.05, 0) is 61.4 Å². The summed E-state index contributed by atoms with van der Waals surface area (Å²) in [6, 6.07) is 2.40. The van der Waals surface area contributed by atoms with E-state index in [2.05, 4.69) is 32.5 Å². The standard InChI is InChI=1S/C13H19BrFN3O2S/c1-8-5-9(3-4-18(8)2)17-21(19,20)13-7-12(16)11(15)6-10(13)14/h6-9,17H,3-5,16H2,1-2H3. The Morgan fingerprint density at radius 1 is 1.48 bits per heavy atom. The highest BCUT2D eigenvalue weighted by molar-refractivity contribution is 9.10. The van der Waals surface area contributed by atoms with Crippen LogP contribution in [0.15, 0.2) is 21.5 Å². The van der Waals surface area contributed by atoms with Crippen molar-refractivity contribution < 1.29 is 12.8 Å². The summed E-state index contributed by atoms with van der Waals surface area (Å²) in [4.78, 5) is 2.16. The number of sulfonamides is 1. The van der Waals surface area contributed by atoms with Gasteiger partial charge in [-0.3, -0.25) is 0 Å². The molecule has 2 unspecified atom stereocenters. The quantitative estimate of drug-likeness (QED) is 0.786. The van der Waals surface area contributed by atoms with Crippen LogP contribution in [0.1, 0.15) is 19.8 Å². The van der Waals surface area contributed by atoms with Crippen LogP contribution >= 0.6 is 15.9 Å². The van der Waals surface area contributed by atoms with Gasteiger partial charge in [0.25, 0.3) is 0 Å². The molecule has 1 aromatic carbocycles. The third kappa shape index (κ3) is 3.74. The number of benzene rings is 1. The number of nitrogens with one attached hydrogen (secondary N) is 1. The van der Waals surface area contributed by atoms with Crippen molar-refractivity contribution in [2.45, 2.75) is 36.7 Å². The van der Waals surface area contributed by atoms with Gasteiger partial charge in [0.05, 0.1) is 10.6 Å². The maximum atomic E-state index is 13.3. The van der Waals surface area contributed by atoms with Gasteiger partial charge in [-0.15, -0.1) is 0 Å². The average Bonchev–Trinajstić information content (AvgIpc) is 2.37. The first-order chi connectivity index (χ1) is 9.70. The number of likely N-dealkylation sites (tertiary alicyclic amines) is 1. The summed E-state index contributed by atoms with van der Waals surface area (Å²) in [5, 5.41) is 0. The number of anilines is 1. The van der Waals surface area contributed by atoms with E-state index in [4.69, 9.17) is 5.73 Å². The molecule has 0 aliphatic carbocycles. The molecule has 0 bridgehead atoms. The van der Waals surface area contributed by atoms with Crippen molar-refractivity contribution >= 4 is 31.6 Å². The smallest absolute Gasteiger partial charge is 0.242 e. The van der Waals surface area contributed by atoms with Crippen molar-refractivity contribution in [2.75, 3.05) is 19.3 Å².